The Balaban J connectivity index is 1.43. The number of nitrogens with zero attached hydrogens (tertiary/aromatic N) is 1. The molecule has 0 aliphatic carbocycles. The quantitative estimate of drug-likeness (QED) is 0.642. The molecule has 1 aliphatic rings. The number of carbonyl (C=O) groups excluding carboxylic acids is 2. The van der Waals surface area contributed by atoms with Crippen LogP contribution in [-0.2, 0) is 11.2 Å². The first kappa shape index (κ1) is 19.4. The Labute approximate surface area is 172 Å². The first-order valence-corrected chi connectivity index (χ1v) is 9.35. The average Bonchev–Trinajstić information content (AvgIpc) is 3.42. The number of furan rings is 1. The molecule has 0 radical (unpaired) electrons. The van der Waals surface area contributed by atoms with Gasteiger partial charge in [0.2, 0.25) is 5.91 Å². The summed E-state index contributed by atoms with van der Waals surface area (Å²) in [5, 5.41) is 2.79. The van der Waals surface area contributed by atoms with Crippen molar-refractivity contribution in [3.8, 4) is 5.75 Å². The van der Waals surface area contributed by atoms with E-state index < -0.39 is 5.82 Å². The van der Waals surface area contributed by atoms with Crippen molar-refractivity contribution in [2.45, 2.75) is 6.42 Å². The minimum Gasteiger partial charge on any atom is -0.494 e. The second-order valence-corrected chi connectivity index (χ2v) is 6.78. The van der Waals surface area contributed by atoms with E-state index in [9.17, 15) is 14.0 Å². The minimum absolute atomic E-state index is 0.117. The van der Waals surface area contributed by atoms with Crippen LogP contribution in [0.25, 0.3) is 6.08 Å². The molecule has 7 heteroatoms. The molecule has 0 spiro atoms. The topological polar surface area (TPSA) is 71.8 Å². The monoisotopic (exact) mass is 406 g/mol. The summed E-state index contributed by atoms with van der Waals surface area (Å²) in [6, 6.07) is 11.5. The Morgan fingerprint density at radius 1 is 1.20 bits per heavy atom. The lowest BCUT2D eigenvalue weighted by atomic mass is 10.1. The van der Waals surface area contributed by atoms with Crippen molar-refractivity contribution < 1.29 is 23.1 Å². The number of ether oxygens (including phenoxy) is 1. The molecule has 0 atom stereocenters. The number of rotatable bonds is 5. The van der Waals surface area contributed by atoms with E-state index in [1.54, 1.807) is 23.1 Å². The van der Waals surface area contributed by atoms with Gasteiger partial charge in [-0.2, -0.15) is 0 Å². The SMILES string of the molecule is COc1ccc(/C=C/C(=O)Nc2ccc3c(c2)CCN3C(=O)c2ccoc2)cc1F. The third kappa shape index (κ3) is 3.96. The second-order valence-electron chi connectivity index (χ2n) is 6.78. The summed E-state index contributed by atoms with van der Waals surface area (Å²) in [4.78, 5) is 26.5. The maximum atomic E-state index is 13.7. The molecule has 0 bridgehead atoms. The molecule has 4 rings (SSSR count). The molecule has 152 valence electrons. The van der Waals surface area contributed by atoms with Crippen molar-refractivity contribution in [3.05, 3.63) is 83.6 Å². The summed E-state index contributed by atoms with van der Waals surface area (Å²) in [5.74, 6) is -0.798. The highest BCUT2D eigenvalue weighted by atomic mass is 19.1. The van der Waals surface area contributed by atoms with E-state index >= 15 is 0 Å². The number of hydrogen-bond donors (Lipinski definition) is 1. The highest BCUT2D eigenvalue weighted by molar-refractivity contribution is 6.07. The zero-order valence-electron chi connectivity index (χ0n) is 16.2. The van der Waals surface area contributed by atoms with Gasteiger partial charge in [0, 0.05) is 24.0 Å². The van der Waals surface area contributed by atoms with Gasteiger partial charge in [0.15, 0.2) is 11.6 Å². The summed E-state index contributed by atoms with van der Waals surface area (Å²) in [7, 11) is 1.39. The molecule has 6 nitrogen and oxygen atoms in total. The highest BCUT2D eigenvalue weighted by Gasteiger charge is 2.26. The predicted octanol–water partition coefficient (Wildman–Crippen LogP) is 4.28. The number of methoxy groups -OCH3 is 1. The molecule has 0 saturated heterocycles. The number of halogens is 1. The fourth-order valence-electron chi connectivity index (χ4n) is 3.37. The van der Waals surface area contributed by atoms with Crippen molar-refractivity contribution in [1.29, 1.82) is 0 Å². The van der Waals surface area contributed by atoms with Gasteiger partial charge in [-0.15, -0.1) is 0 Å². The lowest BCUT2D eigenvalue weighted by molar-refractivity contribution is -0.111. The van der Waals surface area contributed by atoms with Crippen molar-refractivity contribution in [3.63, 3.8) is 0 Å². The highest BCUT2D eigenvalue weighted by Crippen LogP contribution is 2.31. The Morgan fingerprint density at radius 2 is 2.07 bits per heavy atom. The first-order valence-electron chi connectivity index (χ1n) is 9.35. The van der Waals surface area contributed by atoms with E-state index in [0.717, 1.165) is 11.3 Å². The summed E-state index contributed by atoms with van der Waals surface area (Å²) < 4.78 is 23.6. The van der Waals surface area contributed by atoms with Crippen LogP contribution in [0.3, 0.4) is 0 Å². The zero-order chi connectivity index (χ0) is 21.1. The zero-order valence-corrected chi connectivity index (χ0v) is 16.2. The first-order chi connectivity index (χ1) is 14.5. The molecule has 2 aromatic carbocycles. The van der Waals surface area contributed by atoms with E-state index in [4.69, 9.17) is 9.15 Å². The van der Waals surface area contributed by atoms with Crippen LogP contribution in [0.15, 0.2) is 65.5 Å². The van der Waals surface area contributed by atoms with Gasteiger partial charge in [0.25, 0.3) is 5.91 Å². The van der Waals surface area contributed by atoms with Gasteiger partial charge >= 0.3 is 0 Å². The number of carbonyl (C=O) groups is 2. The third-order valence-electron chi connectivity index (χ3n) is 4.86. The number of hydrogen-bond acceptors (Lipinski definition) is 4. The Kier molecular flexibility index (Phi) is 5.34. The number of benzene rings is 2. The maximum Gasteiger partial charge on any atom is 0.261 e. The molecule has 1 aliphatic heterocycles. The molecular weight excluding hydrogens is 387 g/mol. The van der Waals surface area contributed by atoms with Gasteiger partial charge in [-0.05, 0) is 60.0 Å². The lowest BCUT2D eigenvalue weighted by Gasteiger charge is -2.16. The number of anilines is 2. The molecule has 30 heavy (non-hydrogen) atoms. The van der Waals surface area contributed by atoms with E-state index in [1.165, 1.54) is 43.9 Å². The summed E-state index contributed by atoms with van der Waals surface area (Å²) in [6.07, 6.45) is 6.45. The van der Waals surface area contributed by atoms with Gasteiger partial charge in [0.1, 0.15) is 6.26 Å². The second kappa shape index (κ2) is 8.24. The average molecular weight is 406 g/mol. The molecule has 2 amide bonds. The predicted molar refractivity (Wildman–Crippen MR) is 111 cm³/mol. The molecule has 1 aromatic heterocycles. The molecular formula is C23H19FN2O4. The smallest absolute Gasteiger partial charge is 0.261 e. The number of amides is 2. The van der Waals surface area contributed by atoms with Crippen LogP contribution in [-0.4, -0.2) is 25.5 Å². The van der Waals surface area contributed by atoms with Crippen LogP contribution < -0.4 is 15.0 Å². The summed E-state index contributed by atoms with van der Waals surface area (Å²) in [6.45, 7) is 0.569. The van der Waals surface area contributed by atoms with Crippen LogP contribution in [0, 0.1) is 5.82 Å². The summed E-state index contributed by atoms with van der Waals surface area (Å²) in [5.41, 5.74) is 3.47. The maximum absolute atomic E-state index is 13.7. The number of fused-ring (bicyclic) bond motifs is 1. The Bertz CT molecular complexity index is 1120. The number of nitrogens with one attached hydrogen (secondary N) is 1. The fourth-order valence-corrected chi connectivity index (χ4v) is 3.37. The molecule has 0 fully saturated rings. The van der Waals surface area contributed by atoms with Crippen LogP contribution >= 0.6 is 0 Å². The molecule has 2 heterocycles. The van der Waals surface area contributed by atoms with E-state index in [0.29, 0.717) is 29.8 Å². The normalized spacial score (nSPS) is 12.8. The molecule has 1 N–H and O–H groups in total. The lowest BCUT2D eigenvalue weighted by Crippen LogP contribution is -2.28. The van der Waals surface area contributed by atoms with E-state index in [2.05, 4.69) is 5.32 Å². The van der Waals surface area contributed by atoms with Crippen LogP contribution in [0.4, 0.5) is 15.8 Å². The van der Waals surface area contributed by atoms with Crippen LogP contribution in [0.1, 0.15) is 21.5 Å². The van der Waals surface area contributed by atoms with Crippen LogP contribution in [0.5, 0.6) is 5.75 Å². The minimum atomic E-state index is -0.492. The third-order valence-corrected chi connectivity index (χ3v) is 4.86. The fraction of sp³-hybridized carbons (Fsp3) is 0.130. The standard InChI is InChI=1S/C23H19FN2O4/c1-29-21-6-2-15(12-19(21)24)3-7-22(27)25-18-4-5-20-16(13-18)8-10-26(20)23(28)17-9-11-30-14-17/h2-7,9,11-14H,8,10H2,1H3,(H,25,27)/b7-3+. The Hall–Kier alpha value is -3.87. The molecule has 3 aromatic rings. The van der Waals surface area contributed by atoms with Gasteiger partial charge in [-0.3, -0.25) is 9.59 Å². The van der Waals surface area contributed by atoms with Crippen molar-refractivity contribution in [1.82, 2.24) is 0 Å². The molecule has 0 saturated carbocycles. The molecule has 0 unspecified atom stereocenters. The van der Waals surface area contributed by atoms with Crippen molar-refractivity contribution >= 4 is 29.3 Å². The van der Waals surface area contributed by atoms with Gasteiger partial charge < -0.3 is 19.4 Å². The summed E-state index contributed by atoms with van der Waals surface area (Å²) >= 11 is 0. The largest absolute Gasteiger partial charge is 0.494 e. The van der Waals surface area contributed by atoms with Crippen molar-refractivity contribution in [2.75, 3.05) is 23.9 Å². The van der Waals surface area contributed by atoms with E-state index in [-0.39, 0.29) is 17.6 Å². The van der Waals surface area contributed by atoms with Gasteiger partial charge in [-0.1, -0.05) is 6.07 Å². The van der Waals surface area contributed by atoms with Crippen molar-refractivity contribution in [2.24, 2.45) is 0 Å². The van der Waals surface area contributed by atoms with Crippen LogP contribution in [0.2, 0.25) is 0 Å². The van der Waals surface area contributed by atoms with Gasteiger partial charge in [-0.25, -0.2) is 4.39 Å². The van der Waals surface area contributed by atoms with Gasteiger partial charge in [0.05, 0.1) is 18.9 Å². The van der Waals surface area contributed by atoms with E-state index in [1.807, 2.05) is 12.1 Å². The Morgan fingerprint density at radius 3 is 2.80 bits per heavy atom.